The maximum atomic E-state index is 12.1. The first kappa shape index (κ1) is 13.9. The Labute approximate surface area is 117 Å². The van der Waals surface area contributed by atoms with Gasteiger partial charge in [0.15, 0.2) is 0 Å². The van der Waals surface area contributed by atoms with Crippen LogP contribution in [0.15, 0.2) is 23.1 Å². The van der Waals surface area contributed by atoms with Gasteiger partial charge in [-0.3, -0.25) is 9.59 Å². The van der Waals surface area contributed by atoms with E-state index in [2.05, 4.69) is 17.6 Å². The molecule has 0 unspecified atom stereocenters. The third-order valence-corrected chi connectivity index (χ3v) is 4.05. The topological polar surface area (TPSA) is 58.2 Å². The molecule has 0 aromatic heterocycles. The van der Waals surface area contributed by atoms with Crippen LogP contribution in [0.5, 0.6) is 0 Å². The number of hydrogen-bond donors (Lipinski definition) is 2. The first-order valence-corrected chi connectivity index (χ1v) is 7.46. The predicted octanol–water partition coefficient (Wildman–Crippen LogP) is 2.65. The molecule has 1 aliphatic heterocycles. The number of rotatable bonds is 4. The maximum absolute atomic E-state index is 12.1. The summed E-state index contributed by atoms with van der Waals surface area (Å²) in [5.74, 6) is 0.328. The van der Waals surface area contributed by atoms with Crippen LogP contribution in [0.4, 0.5) is 5.69 Å². The quantitative estimate of drug-likeness (QED) is 0.890. The van der Waals surface area contributed by atoms with Crippen LogP contribution in [0.2, 0.25) is 0 Å². The fraction of sp³-hybridized carbons (Fsp3) is 0.429. The summed E-state index contributed by atoms with van der Waals surface area (Å²) in [4.78, 5) is 24.4. The number of hydrogen-bond acceptors (Lipinski definition) is 3. The minimum Gasteiger partial charge on any atom is -0.350 e. The standard InChI is InChI=1S/C14H18N2O2S/c1-3-4-9(2)15-14(18)10-5-6-12-11(7-10)16-13(17)8-19-12/h5-7,9H,3-4,8H2,1-2H3,(H,15,18)(H,16,17)/t9-/m1/s1. The lowest BCUT2D eigenvalue weighted by molar-refractivity contribution is -0.113. The van der Waals surface area contributed by atoms with Crippen molar-refractivity contribution in [3.63, 3.8) is 0 Å². The van der Waals surface area contributed by atoms with Gasteiger partial charge in [-0.25, -0.2) is 0 Å². The lowest BCUT2D eigenvalue weighted by Crippen LogP contribution is -2.32. The molecule has 0 spiro atoms. The second-order valence-corrected chi connectivity index (χ2v) is 5.73. The average Bonchev–Trinajstić information content (AvgIpc) is 2.38. The van der Waals surface area contributed by atoms with Gasteiger partial charge in [0.05, 0.1) is 11.4 Å². The molecule has 0 aliphatic carbocycles. The van der Waals surface area contributed by atoms with Crippen molar-refractivity contribution in [1.29, 1.82) is 0 Å². The summed E-state index contributed by atoms with van der Waals surface area (Å²) >= 11 is 1.50. The molecular weight excluding hydrogens is 260 g/mol. The van der Waals surface area contributed by atoms with E-state index in [0.29, 0.717) is 11.3 Å². The summed E-state index contributed by atoms with van der Waals surface area (Å²) in [6, 6.07) is 5.60. The van der Waals surface area contributed by atoms with E-state index in [4.69, 9.17) is 0 Å². The van der Waals surface area contributed by atoms with E-state index in [9.17, 15) is 9.59 Å². The number of benzene rings is 1. The number of thioether (sulfide) groups is 1. The van der Waals surface area contributed by atoms with Gasteiger partial charge in [-0.1, -0.05) is 13.3 Å². The molecule has 1 aliphatic rings. The van der Waals surface area contributed by atoms with Crippen molar-refractivity contribution < 1.29 is 9.59 Å². The van der Waals surface area contributed by atoms with Gasteiger partial charge >= 0.3 is 0 Å². The Hall–Kier alpha value is -1.49. The summed E-state index contributed by atoms with van der Waals surface area (Å²) in [5, 5.41) is 5.75. The highest BCUT2D eigenvalue weighted by atomic mass is 32.2. The van der Waals surface area contributed by atoms with Crippen molar-refractivity contribution in [1.82, 2.24) is 5.32 Å². The Morgan fingerprint density at radius 2 is 2.32 bits per heavy atom. The molecule has 2 amide bonds. The van der Waals surface area contributed by atoms with E-state index >= 15 is 0 Å². The Morgan fingerprint density at radius 3 is 3.05 bits per heavy atom. The van der Waals surface area contributed by atoms with Crippen LogP contribution in [0.25, 0.3) is 0 Å². The molecule has 1 aromatic rings. The highest BCUT2D eigenvalue weighted by molar-refractivity contribution is 8.00. The Bertz CT molecular complexity index is 502. The monoisotopic (exact) mass is 278 g/mol. The fourth-order valence-electron chi connectivity index (χ4n) is 2.04. The van der Waals surface area contributed by atoms with Gasteiger partial charge in [0.1, 0.15) is 0 Å². The SMILES string of the molecule is CCC[C@@H](C)NC(=O)c1ccc2c(c1)NC(=O)CS2. The number of nitrogens with one attached hydrogen (secondary N) is 2. The van der Waals surface area contributed by atoms with Crippen LogP contribution >= 0.6 is 11.8 Å². The highest BCUT2D eigenvalue weighted by Crippen LogP contribution is 2.31. The number of anilines is 1. The summed E-state index contributed by atoms with van der Waals surface area (Å²) in [6.07, 6.45) is 2.00. The zero-order chi connectivity index (χ0) is 13.8. The lowest BCUT2D eigenvalue weighted by Gasteiger charge is -2.18. The molecular formula is C14H18N2O2S. The van der Waals surface area contributed by atoms with E-state index in [1.165, 1.54) is 11.8 Å². The maximum Gasteiger partial charge on any atom is 0.251 e. The summed E-state index contributed by atoms with van der Waals surface area (Å²) in [7, 11) is 0. The third-order valence-electron chi connectivity index (χ3n) is 2.97. The average molecular weight is 278 g/mol. The van der Waals surface area contributed by atoms with Crippen LogP contribution in [0.3, 0.4) is 0 Å². The zero-order valence-corrected chi connectivity index (χ0v) is 12.0. The second kappa shape index (κ2) is 6.10. The van der Waals surface area contributed by atoms with E-state index in [0.717, 1.165) is 23.4 Å². The van der Waals surface area contributed by atoms with Gasteiger partial charge in [-0.05, 0) is 31.5 Å². The van der Waals surface area contributed by atoms with Crippen LogP contribution < -0.4 is 10.6 Å². The summed E-state index contributed by atoms with van der Waals surface area (Å²) in [6.45, 7) is 4.09. The van der Waals surface area contributed by atoms with E-state index in [1.54, 1.807) is 12.1 Å². The smallest absolute Gasteiger partial charge is 0.251 e. The van der Waals surface area contributed by atoms with Gasteiger partial charge in [-0.15, -0.1) is 11.8 Å². The van der Waals surface area contributed by atoms with Crippen LogP contribution in [0.1, 0.15) is 37.0 Å². The molecule has 1 atom stereocenters. The van der Waals surface area contributed by atoms with Gasteiger partial charge < -0.3 is 10.6 Å². The summed E-state index contributed by atoms with van der Waals surface area (Å²) < 4.78 is 0. The Kier molecular flexibility index (Phi) is 4.47. The van der Waals surface area contributed by atoms with E-state index < -0.39 is 0 Å². The fourth-order valence-corrected chi connectivity index (χ4v) is 2.83. The molecule has 0 saturated carbocycles. The van der Waals surface area contributed by atoms with Crippen molar-refractivity contribution in [2.24, 2.45) is 0 Å². The number of amides is 2. The van der Waals surface area contributed by atoms with Gasteiger partial charge in [-0.2, -0.15) is 0 Å². The van der Waals surface area contributed by atoms with Crippen LogP contribution in [-0.4, -0.2) is 23.6 Å². The number of fused-ring (bicyclic) bond motifs is 1. The van der Waals surface area contributed by atoms with E-state index in [-0.39, 0.29) is 17.9 Å². The van der Waals surface area contributed by atoms with Crippen LogP contribution in [0, 0.1) is 0 Å². The lowest BCUT2D eigenvalue weighted by atomic mass is 10.1. The molecule has 0 saturated heterocycles. The molecule has 19 heavy (non-hydrogen) atoms. The summed E-state index contributed by atoms with van der Waals surface area (Å²) in [5.41, 5.74) is 1.32. The van der Waals surface area contributed by atoms with Crippen molar-refractivity contribution in [3.8, 4) is 0 Å². The van der Waals surface area contributed by atoms with E-state index in [1.807, 2.05) is 13.0 Å². The molecule has 2 N–H and O–H groups in total. The highest BCUT2D eigenvalue weighted by Gasteiger charge is 2.17. The van der Waals surface area contributed by atoms with Gasteiger partial charge in [0.2, 0.25) is 5.91 Å². The number of carbonyl (C=O) groups excluding carboxylic acids is 2. The van der Waals surface area contributed by atoms with Crippen molar-refractivity contribution in [3.05, 3.63) is 23.8 Å². The van der Waals surface area contributed by atoms with Crippen LogP contribution in [-0.2, 0) is 4.79 Å². The van der Waals surface area contributed by atoms with Gasteiger partial charge in [0.25, 0.3) is 5.91 Å². The molecule has 102 valence electrons. The minimum absolute atomic E-state index is 0.0191. The number of carbonyl (C=O) groups is 2. The Morgan fingerprint density at radius 1 is 1.53 bits per heavy atom. The normalized spacial score (nSPS) is 15.4. The molecule has 0 radical (unpaired) electrons. The molecule has 1 heterocycles. The first-order valence-electron chi connectivity index (χ1n) is 6.47. The van der Waals surface area contributed by atoms with Gasteiger partial charge in [0, 0.05) is 16.5 Å². The molecule has 1 aromatic carbocycles. The largest absolute Gasteiger partial charge is 0.350 e. The first-order chi connectivity index (χ1) is 9.10. The minimum atomic E-state index is -0.0893. The molecule has 0 fully saturated rings. The third kappa shape index (κ3) is 3.50. The van der Waals surface area contributed by atoms with Crippen molar-refractivity contribution in [2.45, 2.75) is 37.6 Å². The molecule has 0 bridgehead atoms. The van der Waals surface area contributed by atoms with Crippen molar-refractivity contribution in [2.75, 3.05) is 11.1 Å². The Balaban J connectivity index is 2.11. The molecule has 4 nitrogen and oxygen atoms in total. The van der Waals surface area contributed by atoms with Crippen molar-refractivity contribution >= 4 is 29.3 Å². The predicted molar refractivity (Wildman–Crippen MR) is 77.6 cm³/mol. The zero-order valence-electron chi connectivity index (χ0n) is 11.2. The molecule has 5 heteroatoms. The molecule has 2 rings (SSSR count). The second-order valence-electron chi connectivity index (χ2n) is 4.71.